The monoisotopic (exact) mass is 362 g/mol. The van der Waals surface area contributed by atoms with Crippen molar-refractivity contribution in [3.8, 4) is 0 Å². The van der Waals surface area contributed by atoms with Crippen molar-refractivity contribution in [2.24, 2.45) is 0 Å². The second-order valence-corrected chi connectivity index (χ2v) is 6.77. The van der Waals surface area contributed by atoms with Crippen LogP contribution in [0.4, 0.5) is 5.69 Å². The third-order valence-corrected chi connectivity index (χ3v) is 4.72. The highest BCUT2D eigenvalue weighted by molar-refractivity contribution is 6.08. The SMILES string of the molecule is Cc1cnc2c(C(=O)Nc3ccc4nc(C5CCCO5)[nH]c4c3)cnn2c1. The zero-order valence-corrected chi connectivity index (χ0v) is 14.8. The average Bonchev–Trinajstić information content (AvgIpc) is 3.39. The van der Waals surface area contributed by atoms with Crippen molar-refractivity contribution in [3.05, 3.63) is 53.7 Å². The van der Waals surface area contributed by atoms with Crippen LogP contribution < -0.4 is 5.32 Å². The number of hydrogen-bond donors (Lipinski definition) is 2. The number of carbonyl (C=O) groups is 1. The first-order chi connectivity index (χ1) is 13.2. The topological polar surface area (TPSA) is 97.2 Å². The smallest absolute Gasteiger partial charge is 0.261 e. The summed E-state index contributed by atoms with van der Waals surface area (Å²) in [6, 6.07) is 5.60. The van der Waals surface area contributed by atoms with Gasteiger partial charge >= 0.3 is 0 Å². The molecule has 5 rings (SSSR count). The van der Waals surface area contributed by atoms with E-state index >= 15 is 0 Å². The molecule has 0 bridgehead atoms. The molecule has 0 saturated carbocycles. The quantitative estimate of drug-likeness (QED) is 0.584. The molecule has 1 unspecified atom stereocenters. The number of amides is 1. The van der Waals surface area contributed by atoms with E-state index < -0.39 is 0 Å². The van der Waals surface area contributed by atoms with Crippen molar-refractivity contribution in [1.29, 1.82) is 0 Å². The number of rotatable bonds is 3. The first-order valence-electron chi connectivity index (χ1n) is 8.90. The number of benzene rings is 1. The summed E-state index contributed by atoms with van der Waals surface area (Å²) >= 11 is 0. The molecule has 1 saturated heterocycles. The largest absolute Gasteiger partial charge is 0.370 e. The number of fused-ring (bicyclic) bond motifs is 2. The lowest BCUT2D eigenvalue weighted by molar-refractivity contribution is 0.102. The van der Waals surface area contributed by atoms with Crippen LogP contribution in [0.2, 0.25) is 0 Å². The normalized spacial score (nSPS) is 17.0. The molecule has 1 aliphatic heterocycles. The van der Waals surface area contributed by atoms with Gasteiger partial charge in [0, 0.05) is 24.7 Å². The van der Waals surface area contributed by atoms with E-state index in [1.54, 1.807) is 10.7 Å². The van der Waals surface area contributed by atoms with Gasteiger partial charge in [0.1, 0.15) is 17.5 Å². The first-order valence-corrected chi connectivity index (χ1v) is 8.90. The summed E-state index contributed by atoms with van der Waals surface area (Å²) in [4.78, 5) is 24.9. The van der Waals surface area contributed by atoms with Crippen LogP contribution in [0.1, 0.15) is 40.7 Å². The maximum atomic E-state index is 12.7. The maximum absolute atomic E-state index is 12.7. The van der Waals surface area contributed by atoms with Gasteiger partial charge in [0.15, 0.2) is 5.65 Å². The first kappa shape index (κ1) is 16.0. The molecule has 0 spiro atoms. The molecule has 1 fully saturated rings. The molecular weight excluding hydrogens is 344 g/mol. The molecule has 2 N–H and O–H groups in total. The Morgan fingerprint density at radius 3 is 3.15 bits per heavy atom. The Kier molecular flexibility index (Phi) is 3.64. The molecule has 0 aliphatic carbocycles. The highest BCUT2D eigenvalue weighted by atomic mass is 16.5. The number of anilines is 1. The minimum atomic E-state index is -0.250. The number of hydrogen-bond acceptors (Lipinski definition) is 5. The van der Waals surface area contributed by atoms with Crippen molar-refractivity contribution >= 4 is 28.3 Å². The highest BCUT2D eigenvalue weighted by Crippen LogP contribution is 2.28. The van der Waals surface area contributed by atoms with Crippen molar-refractivity contribution in [3.63, 3.8) is 0 Å². The van der Waals surface area contributed by atoms with E-state index in [0.29, 0.717) is 16.9 Å². The van der Waals surface area contributed by atoms with Crippen LogP contribution in [0.15, 0.2) is 36.8 Å². The van der Waals surface area contributed by atoms with Crippen LogP contribution in [-0.4, -0.2) is 37.1 Å². The molecule has 1 aromatic carbocycles. The van der Waals surface area contributed by atoms with Gasteiger partial charge in [-0.2, -0.15) is 5.10 Å². The number of H-pyrrole nitrogens is 1. The molecule has 27 heavy (non-hydrogen) atoms. The second kappa shape index (κ2) is 6.17. The standard InChI is InChI=1S/C19H18N6O2/c1-11-8-20-18-13(9-21-25(18)10-11)19(26)22-12-4-5-14-15(7-12)24-17(23-14)16-3-2-6-27-16/h4-5,7-10,16H,2-3,6H2,1H3,(H,22,26)(H,23,24). The number of nitrogens with one attached hydrogen (secondary N) is 2. The minimum Gasteiger partial charge on any atom is -0.370 e. The van der Waals surface area contributed by atoms with Crippen LogP contribution in [0.3, 0.4) is 0 Å². The van der Waals surface area contributed by atoms with Crippen LogP contribution in [-0.2, 0) is 4.74 Å². The van der Waals surface area contributed by atoms with Gasteiger partial charge in [-0.1, -0.05) is 0 Å². The molecule has 1 aliphatic rings. The third kappa shape index (κ3) is 2.83. The summed E-state index contributed by atoms with van der Waals surface area (Å²) in [5, 5.41) is 7.11. The summed E-state index contributed by atoms with van der Waals surface area (Å²) < 4.78 is 7.29. The third-order valence-electron chi connectivity index (χ3n) is 4.72. The predicted octanol–water partition coefficient (Wildman–Crippen LogP) is 3.02. The van der Waals surface area contributed by atoms with Gasteiger partial charge in [-0.05, 0) is 43.5 Å². The van der Waals surface area contributed by atoms with Crippen molar-refractivity contribution < 1.29 is 9.53 Å². The lowest BCUT2D eigenvalue weighted by Crippen LogP contribution is -2.12. The lowest BCUT2D eigenvalue weighted by Gasteiger charge is -2.04. The number of aromatic amines is 1. The number of aromatic nitrogens is 5. The maximum Gasteiger partial charge on any atom is 0.261 e. The van der Waals surface area contributed by atoms with E-state index in [1.165, 1.54) is 6.20 Å². The Labute approximate surface area is 154 Å². The second-order valence-electron chi connectivity index (χ2n) is 6.77. The summed E-state index contributed by atoms with van der Waals surface area (Å²) in [5.74, 6) is 0.591. The van der Waals surface area contributed by atoms with Gasteiger partial charge in [-0.3, -0.25) is 4.79 Å². The van der Waals surface area contributed by atoms with E-state index in [9.17, 15) is 4.79 Å². The van der Waals surface area contributed by atoms with Crippen LogP contribution >= 0.6 is 0 Å². The van der Waals surface area contributed by atoms with Crippen LogP contribution in [0.5, 0.6) is 0 Å². The van der Waals surface area contributed by atoms with Crippen molar-refractivity contribution in [1.82, 2.24) is 24.6 Å². The van der Waals surface area contributed by atoms with Gasteiger partial charge in [-0.25, -0.2) is 14.5 Å². The van der Waals surface area contributed by atoms with Crippen LogP contribution in [0, 0.1) is 6.92 Å². The Hall–Kier alpha value is -3.26. The van der Waals surface area contributed by atoms with E-state index in [4.69, 9.17) is 4.74 Å². The van der Waals surface area contributed by atoms with Crippen LogP contribution in [0.25, 0.3) is 16.7 Å². The summed E-state index contributed by atoms with van der Waals surface area (Å²) in [7, 11) is 0. The fourth-order valence-electron chi connectivity index (χ4n) is 3.38. The molecule has 3 aromatic heterocycles. The number of carbonyl (C=O) groups excluding carboxylic acids is 1. The number of ether oxygens (including phenoxy) is 1. The molecule has 4 heterocycles. The zero-order valence-electron chi connectivity index (χ0n) is 14.8. The Morgan fingerprint density at radius 1 is 1.37 bits per heavy atom. The molecule has 1 atom stereocenters. The molecule has 136 valence electrons. The molecule has 0 radical (unpaired) electrons. The van der Waals surface area contributed by atoms with Crippen molar-refractivity contribution in [2.75, 3.05) is 11.9 Å². The van der Waals surface area contributed by atoms with Gasteiger partial charge in [0.2, 0.25) is 0 Å². The molecule has 8 nitrogen and oxygen atoms in total. The predicted molar refractivity (Wildman–Crippen MR) is 99.7 cm³/mol. The fourth-order valence-corrected chi connectivity index (χ4v) is 3.38. The fraction of sp³-hybridized carbons (Fsp3) is 0.263. The molecule has 1 amide bonds. The number of aryl methyl sites for hydroxylation is 1. The summed E-state index contributed by atoms with van der Waals surface area (Å²) in [6.07, 6.45) is 7.14. The van der Waals surface area contributed by atoms with E-state index in [1.807, 2.05) is 31.3 Å². The van der Waals surface area contributed by atoms with E-state index in [0.717, 1.165) is 41.9 Å². The van der Waals surface area contributed by atoms with E-state index in [-0.39, 0.29) is 12.0 Å². The van der Waals surface area contributed by atoms with Gasteiger partial charge in [0.05, 0.1) is 17.2 Å². The average molecular weight is 362 g/mol. The van der Waals surface area contributed by atoms with Gasteiger partial charge in [-0.15, -0.1) is 0 Å². The Balaban J connectivity index is 1.42. The molecular formula is C19H18N6O2. The summed E-state index contributed by atoms with van der Waals surface area (Å²) in [5.41, 5.74) is 4.34. The lowest BCUT2D eigenvalue weighted by atomic mass is 10.2. The highest BCUT2D eigenvalue weighted by Gasteiger charge is 2.21. The van der Waals surface area contributed by atoms with Gasteiger partial charge in [0.25, 0.3) is 5.91 Å². The van der Waals surface area contributed by atoms with Gasteiger partial charge < -0.3 is 15.0 Å². The van der Waals surface area contributed by atoms with E-state index in [2.05, 4.69) is 25.4 Å². The zero-order chi connectivity index (χ0) is 18.4. The summed E-state index contributed by atoms with van der Waals surface area (Å²) in [6.45, 7) is 2.70. The molecule has 4 aromatic rings. The van der Waals surface area contributed by atoms with Crippen molar-refractivity contribution in [2.45, 2.75) is 25.9 Å². The molecule has 8 heteroatoms. The minimum absolute atomic E-state index is 0.0313. The Bertz CT molecular complexity index is 1160. The number of imidazole rings is 1. The Morgan fingerprint density at radius 2 is 2.30 bits per heavy atom. The number of nitrogens with zero attached hydrogens (tertiary/aromatic N) is 4.